The third-order valence-corrected chi connectivity index (χ3v) is 7.31. The van der Waals surface area contributed by atoms with Gasteiger partial charge in [0.15, 0.2) is 0 Å². The van der Waals surface area contributed by atoms with Crippen molar-refractivity contribution in [1.82, 2.24) is 9.88 Å². The van der Waals surface area contributed by atoms with Gasteiger partial charge in [-0.15, -0.1) is 0 Å². The lowest BCUT2D eigenvalue weighted by Gasteiger charge is -2.35. The molecule has 1 aliphatic rings. The van der Waals surface area contributed by atoms with E-state index in [1.165, 1.54) is 12.1 Å². The summed E-state index contributed by atoms with van der Waals surface area (Å²) >= 11 is 0. The summed E-state index contributed by atoms with van der Waals surface area (Å²) in [6.07, 6.45) is 2.72. The Bertz CT molecular complexity index is 1670. The molecule has 8 heteroatoms. The number of hydrogen-bond acceptors (Lipinski definition) is 7. The van der Waals surface area contributed by atoms with E-state index in [4.69, 9.17) is 9.15 Å². The second-order valence-corrected chi connectivity index (χ2v) is 10.0. The zero-order chi connectivity index (χ0) is 27.3. The van der Waals surface area contributed by atoms with Crippen LogP contribution in [-0.4, -0.2) is 49.2 Å². The van der Waals surface area contributed by atoms with Gasteiger partial charge in [0.05, 0.1) is 5.69 Å². The smallest absolute Gasteiger partial charge is 0.338 e. The zero-order valence-electron chi connectivity index (χ0n) is 22.2. The lowest BCUT2D eigenvalue weighted by atomic mass is 10.1. The van der Waals surface area contributed by atoms with Crippen LogP contribution in [0.25, 0.3) is 21.7 Å². The van der Waals surface area contributed by atoms with Crippen molar-refractivity contribution in [3.8, 4) is 5.75 Å². The van der Waals surface area contributed by atoms with Crippen LogP contribution in [0.15, 0.2) is 94.3 Å². The van der Waals surface area contributed by atoms with E-state index < -0.39 is 5.63 Å². The van der Waals surface area contributed by atoms with Gasteiger partial charge in [-0.3, -0.25) is 4.90 Å². The maximum atomic E-state index is 13.9. The summed E-state index contributed by atoms with van der Waals surface area (Å²) in [6.45, 7) is 5.63. The van der Waals surface area contributed by atoms with E-state index in [-0.39, 0.29) is 5.82 Å². The van der Waals surface area contributed by atoms with Crippen molar-refractivity contribution in [2.24, 2.45) is 0 Å². The molecule has 1 saturated heterocycles. The number of ether oxygens (including phenoxy) is 1. The molecule has 5 aromatic rings. The van der Waals surface area contributed by atoms with Gasteiger partial charge in [-0.1, -0.05) is 36.4 Å². The predicted molar refractivity (Wildman–Crippen MR) is 157 cm³/mol. The monoisotopic (exact) mass is 538 g/mol. The normalized spacial score (nSPS) is 14.1. The van der Waals surface area contributed by atoms with Crippen LogP contribution in [-0.2, 0) is 6.61 Å². The third kappa shape index (κ3) is 5.92. The van der Waals surface area contributed by atoms with Crippen molar-refractivity contribution in [1.29, 1.82) is 0 Å². The van der Waals surface area contributed by atoms with Gasteiger partial charge in [0, 0.05) is 61.8 Å². The predicted octanol–water partition coefficient (Wildman–Crippen LogP) is 5.68. The summed E-state index contributed by atoms with van der Waals surface area (Å²) in [5.74, 6) is 1.26. The van der Waals surface area contributed by atoms with Crippen LogP contribution in [0.5, 0.6) is 5.75 Å². The first-order chi connectivity index (χ1) is 19.6. The lowest BCUT2D eigenvalue weighted by Crippen LogP contribution is -2.47. The molecule has 7 nitrogen and oxygen atoms in total. The zero-order valence-corrected chi connectivity index (χ0v) is 22.2. The number of piperazine rings is 1. The first-order valence-corrected chi connectivity index (χ1v) is 13.6. The summed E-state index contributed by atoms with van der Waals surface area (Å²) in [5, 5.41) is 6.12. The van der Waals surface area contributed by atoms with Gasteiger partial charge in [-0.2, -0.15) is 0 Å². The van der Waals surface area contributed by atoms with Crippen molar-refractivity contribution in [3.63, 3.8) is 0 Å². The van der Waals surface area contributed by atoms with Crippen LogP contribution in [0.1, 0.15) is 12.0 Å². The van der Waals surface area contributed by atoms with Crippen molar-refractivity contribution >= 4 is 33.2 Å². The number of fused-ring (bicyclic) bond motifs is 2. The summed E-state index contributed by atoms with van der Waals surface area (Å²) in [5.41, 5.74) is 1.94. The van der Waals surface area contributed by atoms with Crippen molar-refractivity contribution in [2.45, 2.75) is 13.0 Å². The van der Waals surface area contributed by atoms with Crippen molar-refractivity contribution < 1.29 is 13.5 Å². The first kappa shape index (κ1) is 25.8. The van der Waals surface area contributed by atoms with Crippen molar-refractivity contribution in [2.75, 3.05) is 49.5 Å². The van der Waals surface area contributed by atoms with Crippen LogP contribution in [0.3, 0.4) is 0 Å². The topological polar surface area (TPSA) is 70.8 Å². The van der Waals surface area contributed by atoms with Crippen LogP contribution in [0.2, 0.25) is 0 Å². The van der Waals surface area contributed by atoms with Gasteiger partial charge >= 0.3 is 5.63 Å². The molecule has 3 aromatic carbocycles. The van der Waals surface area contributed by atoms with E-state index in [0.29, 0.717) is 17.9 Å². The minimum Gasteiger partial charge on any atom is -0.489 e. The fraction of sp³-hybridized carbons (Fsp3) is 0.250. The number of nitrogens with zero attached hydrogens (tertiary/aromatic N) is 3. The number of aromatic nitrogens is 1. The SMILES string of the molecule is O=c1cc(NCCCN2CCN(c3nccc4ccc(F)cc34)CC2)c2ccc(OCc3ccccc3)cc2o1. The first-order valence-electron chi connectivity index (χ1n) is 13.6. The number of hydrogen-bond donors (Lipinski definition) is 1. The van der Waals surface area contributed by atoms with Crippen molar-refractivity contribution in [3.05, 3.63) is 107 Å². The van der Waals surface area contributed by atoms with E-state index >= 15 is 0 Å². The van der Waals surface area contributed by atoms with Gasteiger partial charge < -0.3 is 19.4 Å². The second kappa shape index (κ2) is 11.8. The largest absolute Gasteiger partial charge is 0.489 e. The summed E-state index contributed by atoms with van der Waals surface area (Å²) < 4.78 is 25.2. The number of nitrogens with one attached hydrogen (secondary N) is 1. The second-order valence-electron chi connectivity index (χ2n) is 10.0. The highest BCUT2D eigenvalue weighted by atomic mass is 19.1. The van der Waals surface area contributed by atoms with E-state index in [2.05, 4.69) is 20.1 Å². The Balaban J connectivity index is 1.02. The summed E-state index contributed by atoms with van der Waals surface area (Å²) in [6, 6.07) is 23.8. The van der Waals surface area contributed by atoms with Crippen LogP contribution in [0.4, 0.5) is 15.9 Å². The fourth-order valence-corrected chi connectivity index (χ4v) is 5.21. The minimum absolute atomic E-state index is 0.242. The van der Waals surface area contributed by atoms with E-state index in [9.17, 15) is 9.18 Å². The average molecular weight is 539 g/mol. The molecular weight excluding hydrogens is 507 g/mol. The molecular formula is C32H31FN4O3. The van der Waals surface area contributed by atoms with Crippen LogP contribution in [0, 0.1) is 5.82 Å². The van der Waals surface area contributed by atoms with Gasteiger partial charge in [-0.25, -0.2) is 14.2 Å². The Kier molecular flexibility index (Phi) is 7.59. The molecule has 1 N–H and O–H groups in total. The molecule has 0 saturated carbocycles. The molecule has 6 rings (SSSR count). The molecule has 3 heterocycles. The molecule has 204 valence electrons. The Morgan fingerprint density at radius 1 is 0.925 bits per heavy atom. The molecule has 0 bridgehead atoms. The molecule has 0 atom stereocenters. The lowest BCUT2D eigenvalue weighted by molar-refractivity contribution is 0.257. The standard InChI is InChI=1S/C32H31FN4O3/c33-25-8-7-24-11-13-35-32(28(24)19-25)37-17-15-36(16-18-37)14-4-12-34-29-21-31(38)40-30-20-26(9-10-27(29)30)39-22-23-5-2-1-3-6-23/h1-3,5-11,13,19-21,34H,4,12,14-18,22H2. The Labute approximate surface area is 231 Å². The highest BCUT2D eigenvalue weighted by Crippen LogP contribution is 2.27. The number of pyridine rings is 1. The molecule has 1 fully saturated rings. The number of rotatable bonds is 9. The number of benzene rings is 3. The van der Waals surface area contributed by atoms with E-state index in [0.717, 1.165) is 78.9 Å². The quantitative estimate of drug-likeness (QED) is 0.191. The van der Waals surface area contributed by atoms with Crippen LogP contribution >= 0.6 is 0 Å². The Morgan fingerprint density at radius 3 is 2.62 bits per heavy atom. The van der Waals surface area contributed by atoms with Gasteiger partial charge in [0.2, 0.25) is 0 Å². The summed E-state index contributed by atoms with van der Waals surface area (Å²) in [4.78, 5) is 21.5. The summed E-state index contributed by atoms with van der Waals surface area (Å²) in [7, 11) is 0. The van der Waals surface area contributed by atoms with E-state index in [1.807, 2.05) is 48.5 Å². The maximum Gasteiger partial charge on any atom is 0.338 e. The Morgan fingerprint density at radius 2 is 1.77 bits per heavy atom. The molecule has 0 unspecified atom stereocenters. The molecule has 0 radical (unpaired) electrons. The highest BCUT2D eigenvalue weighted by molar-refractivity contribution is 5.92. The van der Waals surface area contributed by atoms with Gasteiger partial charge in [0.25, 0.3) is 0 Å². The number of halogens is 1. The molecule has 1 aliphatic heterocycles. The molecule has 0 spiro atoms. The highest BCUT2D eigenvalue weighted by Gasteiger charge is 2.19. The van der Waals surface area contributed by atoms with Crippen LogP contribution < -0.4 is 20.6 Å². The molecule has 0 amide bonds. The third-order valence-electron chi connectivity index (χ3n) is 7.31. The molecule has 2 aromatic heterocycles. The van der Waals surface area contributed by atoms with Gasteiger partial charge in [0.1, 0.15) is 29.6 Å². The van der Waals surface area contributed by atoms with Gasteiger partial charge in [-0.05, 0) is 54.2 Å². The fourth-order valence-electron chi connectivity index (χ4n) is 5.21. The Hall–Kier alpha value is -4.43. The molecule has 0 aliphatic carbocycles. The average Bonchev–Trinajstić information content (AvgIpc) is 2.98. The minimum atomic E-state index is -0.395. The number of anilines is 2. The molecule has 40 heavy (non-hydrogen) atoms. The maximum absolute atomic E-state index is 13.9. The van der Waals surface area contributed by atoms with E-state index in [1.54, 1.807) is 24.4 Å².